The third kappa shape index (κ3) is 3.07. The molecule has 0 radical (unpaired) electrons. The van der Waals surface area contributed by atoms with Gasteiger partial charge in [0.2, 0.25) is 0 Å². The first-order valence-electron chi connectivity index (χ1n) is 7.17. The zero-order valence-corrected chi connectivity index (χ0v) is 13.5. The molecule has 120 valence electrons. The molecule has 0 bridgehead atoms. The van der Waals surface area contributed by atoms with E-state index in [4.69, 9.17) is 16.3 Å². The summed E-state index contributed by atoms with van der Waals surface area (Å²) in [5.74, 6) is 0.406. The van der Waals surface area contributed by atoms with Crippen LogP contribution in [0.1, 0.15) is 15.9 Å². The SMILES string of the molecule is Cc1ccc(-n2ncc(Oc3ccccc3C=O)c(Cl)c2=O)cc1. The van der Waals surface area contributed by atoms with Crippen LogP contribution in [0.4, 0.5) is 0 Å². The highest BCUT2D eigenvalue weighted by atomic mass is 35.5. The maximum Gasteiger partial charge on any atom is 0.294 e. The number of aryl methyl sites for hydroxylation is 1. The molecule has 6 heteroatoms. The predicted octanol–water partition coefficient (Wildman–Crippen LogP) is 3.80. The Kier molecular flexibility index (Phi) is 4.44. The lowest BCUT2D eigenvalue weighted by molar-refractivity contribution is 0.112. The van der Waals surface area contributed by atoms with Crippen molar-refractivity contribution < 1.29 is 9.53 Å². The second-order valence-electron chi connectivity index (χ2n) is 5.13. The number of benzene rings is 2. The maximum absolute atomic E-state index is 12.4. The minimum atomic E-state index is -0.499. The molecule has 3 rings (SSSR count). The first-order valence-corrected chi connectivity index (χ1v) is 7.55. The van der Waals surface area contributed by atoms with Crippen LogP contribution in [0.2, 0.25) is 5.02 Å². The van der Waals surface area contributed by atoms with E-state index >= 15 is 0 Å². The molecule has 0 unspecified atom stereocenters. The molecule has 0 saturated carbocycles. The lowest BCUT2D eigenvalue weighted by Crippen LogP contribution is -2.21. The molecule has 5 nitrogen and oxygen atoms in total. The van der Waals surface area contributed by atoms with E-state index in [0.717, 1.165) is 5.56 Å². The van der Waals surface area contributed by atoms with Gasteiger partial charge in [0.05, 0.1) is 17.4 Å². The number of carbonyl (C=O) groups is 1. The molecule has 0 amide bonds. The number of para-hydroxylation sites is 1. The van der Waals surface area contributed by atoms with Gasteiger partial charge in [0.25, 0.3) is 5.56 Å². The molecule has 1 aromatic heterocycles. The molecule has 0 fully saturated rings. The van der Waals surface area contributed by atoms with E-state index in [0.29, 0.717) is 23.3 Å². The Hall–Kier alpha value is -2.92. The minimum Gasteiger partial charge on any atom is -0.453 e. The van der Waals surface area contributed by atoms with Gasteiger partial charge >= 0.3 is 0 Å². The highest BCUT2D eigenvalue weighted by molar-refractivity contribution is 6.31. The van der Waals surface area contributed by atoms with E-state index in [-0.39, 0.29) is 10.8 Å². The number of aromatic nitrogens is 2. The van der Waals surface area contributed by atoms with Gasteiger partial charge in [0.15, 0.2) is 17.1 Å². The monoisotopic (exact) mass is 340 g/mol. The number of halogens is 1. The van der Waals surface area contributed by atoms with Crippen LogP contribution in [0, 0.1) is 6.92 Å². The maximum atomic E-state index is 12.4. The summed E-state index contributed by atoms with van der Waals surface area (Å²) < 4.78 is 6.78. The van der Waals surface area contributed by atoms with Crippen molar-refractivity contribution in [3.8, 4) is 17.2 Å². The van der Waals surface area contributed by atoms with Gasteiger partial charge in [-0.1, -0.05) is 41.4 Å². The Labute approximate surface area is 143 Å². The van der Waals surface area contributed by atoms with Gasteiger partial charge < -0.3 is 4.74 Å². The highest BCUT2D eigenvalue weighted by Crippen LogP contribution is 2.28. The summed E-state index contributed by atoms with van der Waals surface area (Å²) in [7, 11) is 0. The standard InChI is InChI=1S/C18H13ClN2O3/c1-12-6-8-14(9-7-12)21-18(23)17(19)16(10-20-21)24-15-5-3-2-4-13(15)11-22/h2-11H,1H3. The lowest BCUT2D eigenvalue weighted by Gasteiger charge is -2.11. The van der Waals surface area contributed by atoms with E-state index in [1.54, 1.807) is 36.4 Å². The number of rotatable bonds is 4. The molecule has 0 aliphatic rings. The highest BCUT2D eigenvalue weighted by Gasteiger charge is 2.14. The minimum absolute atomic E-state index is 0.0966. The van der Waals surface area contributed by atoms with Crippen LogP contribution in [-0.4, -0.2) is 16.1 Å². The number of hydrogen-bond donors (Lipinski definition) is 0. The predicted molar refractivity (Wildman–Crippen MR) is 91.5 cm³/mol. The fourth-order valence-electron chi connectivity index (χ4n) is 2.15. The van der Waals surface area contributed by atoms with Crippen LogP contribution in [-0.2, 0) is 0 Å². The van der Waals surface area contributed by atoms with E-state index < -0.39 is 5.56 Å². The quantitative estimate of drug-likeness (QED) is 0.678. The summed E-state index contributed by atoms with van der Waals surface area (Å²) in [6, 6.07) is 14.0. The van der Waals surface area contributed by atoms with Crippen molar-refractivity contribution in [2.24, 2.45) is 0 Å². The van der Waals surface area contributed by atoms with Gasteiger partial charge in [-0.15, -0.1) is 0 Å². The van der Waals surface area contributed by atoms with Crippen molar-refractivity contribution in [1.82, 2.24) is 9.78 Å². The fourth-order valence-corrected chi connectivity index (χ4v) is 2.32. The number of nitrogens with zero attached hydrogens (tertiary/aromatic N) is 2. The van der Waals surface area contributed by atoms with Crippen LogP contribution < -0.4 is 10.3 Å². The van der Waals surface area contributed by atoms with Crippen molar-refractivity contribution in [3.05, 3.63) is 81.2 Å². The third-order valence-corrected chi connectivity index (χ3v) is 3.78. The molecule has 0 N–H and O–H groups in total. The Bertz CT molecular complexity index is 949. The first kappa shape index (κ1) is 16.0. The summed E-state index contributed by atoms with van der Waals surface area (Å²) in [4.78, 5) is 23.5. The topological polar surface area (TPSA) is 61.2 Å². The molecule has 3 aromatic rings. The van der Waals surface area contributed by atoms with Crippen molar-refractivity contribution in [2.75, 3.05) is 0 Å². The second-order valence-corrected chi connectivity index (χ2v) is 5.51. The van der Waals surface area contributed by atoms with E-state index in [1.807, 2.05) is 19.1 Å². The van der Waals surface area contributed by atoms with Crippen LogP contribution >= 0.6 is 11.6 Å². The molecule has 2 aromatic carbocycles. The summed E-state index contributed by atoms with van der Waals surface area (Å²) in [5.41, 5.74) is 1.54. The summed E-state index contributed by atoms with van der Waals surface area (Å²) in [5, 5.41) is 3.99. The molecule has 0 aliphatic carbocycles. The molecular formula is C18H13ClN2O3. The van der Waals surface area contributed by atoms with Crippen molar-refractivity contribution in [2.45, 2.75) is 6.92 Å². The number of hydrogen-bond acceptors (Lipinski definition) is 4. The third-order valence-electron chi connectivity index (χ3n) is 3.43. The Morgan fingerprint density at radius 2 is 1.79 bits per heavy atom. The Morgan fingerprint density at radius 1 is 1.08 bits per heavy atom. The van der Waals surface area contributed by atoms with Crippen LogP contribution in [0.15, 0.2) is 59.5 Å². The Morgan fingerprint density at radius 3 is 2.50 bits per heavy atom. The van der Waals surface area contributed by atoms with Crippen LogP contribution in [0.5, 0.6) is 11.5 Å². The number of aldehydes is 1. The van der Waals surface area contributed by atoms with Gasteiger partial charge in [-0.05, 0) is 31.2 Å². The average Bonchev–Trinajstić information content (AvgIpc) is 2.60. The molecule has 0 atom stereocenters. The largest absolute Gasteiger partial charge is 0.453 e. The normalized spacial score (nSPS) is 10.4. The molecule has 24 heavy (non-hydrogen) atoms. The smallest absolute Gasteiger partial charge is 0.294 e. The van der Waals surface area contributed by atoms with Crippen molar-refractivity contribution >= 4 is 17.9 Å². The molecule has 0 saturated heterocycles. The summed E-state index contributed by atoms with van der Waals surface area (Å²) in [6.07, 6.45) is 2.02. The van der Waals surface area contributed by atoms with E-state index in [9.17, 15) is 9.59 Å². The average molecular weight is 341 g/mol. The van der Waals surface area contributed by atoms with Crippen molar-refractivity contribution in [1.29, 1.82) is 0 Å². The zero-order chi connectivity index (χ0) is 17.1. The van der Waals surface area contributed by atoms with Gasteiger partial charge in [-0.2, -0.15) is 9.78 Å². The van der Waals surface area contributed by atoms with Gasteiger partial charge in [0.1, 0.15) is 5.75 Å². The summed E-state index contributed by atoms with van der Waals surface area (Å²) in [6.45, 7) is 1.95. The van der Waals surface area contributed by atoms with Gasteiger partial charge in [-0.25, -0.2) is 0 Å². The molecule has 0 aliphatic heterocycles. The molecule has 0 spiro atoms. The summed E-state index contributed by atoms with van der Waals surface area (Å²) >= 11 is 6.14. The molecular weight excluding hydrogens is 328 g/mol. The second kappa shape index (κ2) is 6.68. The van der Waals surface area contributed by atoms with Crippen LogP contribution in [0.25, 0.3) is 5.69 Å². The van der Waals surface area contributed by atoms with Crippen molar-refractivity contribution in [3.63, 3.8) is 0 Å². The fraction of sp³-hybridized carbons (Fsp3) is 0.0556. The number of ether oxygens (including phenoxy) is 1. The van der Waals surface area contributed by atoms with Gasteiger partial charge in [-0.3, -0.25) is 9.59 Å². The first-order chi connectivity index (χ1) is 11.6. The van der Waals surface area contributed by atoms with Crippen LogP contribution in [0.3, 0.4) is 0 Å². The molecule has 1 heterocycles. The van der Waals surface area contributed by atoms with E-state index in [1.165, 1.54) is 10.9 Å². The van der Waals surface area contributed by atoms with E-state index in [2.05, 4.69) is 5.10 Å². The zero-order valence-electron chi connectivity index (χ0n) is 12.8. The van der Waals surface area contributed by atoms with Gasteiger partial charge in [0, 0.05) is 0 Å². The Balaban J connectivity index is 2.00. The number of carbonyl (C=O) groups excluding carboxylic acids is 1. The lowest BCUT2D eigenvalue weighted by atomic mass is 10.2.